The van der Waals surface area contributed by atoms with Crippen LogP contribution in [0.15, 0.2) is 54.2 Å². The summed E-state index contributed by atoms with van der Waals surface area (Å²) in [6.07, 6.45) is 3.60. The molecular formula is C20H21FN2O. The van der Waals surface area contributed by atoms with Crippen LogP contribution in [0.3, 0.4) is 0 Å². The molecular weight excluding hydrogens is 303 g/mol. The summed E-state index contributed by atoms with van der Waals surface area (Å²) in [5, 5.41) is 0. The quantitative estimate of drug-likeness (QED) is 0.807. The third-order valence-corrected chi connectivity index (χ3v) is 4.25. The second kappa shape index (κ2) is 6.65. The number of pyridine rings is 1. The Kier molecular flexibility index (Phi) is 4.58. The highest BCUT2D eigenvalue weighted by Crippen LogP contribution is 2.30. The molecule has 1 saturated heterocycles. The van der Waals surface area contributed by atoms with Crippen LogP contribution in [0.4, 0.5) is 4.39 Å². The molecule has 1 aliphatic rings. The van der Waals surface area contributed by atoms with Gasteiger partial charge in [-0.25, -0.2) is 4.39 Å². The molecule has 0 radical (unpaired) electrons. The van der Waals surface area contributed by atoms with Crippen molar-refractivity contribution < 1.29 is 9.18 Å². The molecule has 1 aromatic carbocycles. The smallest absolute Gasteiger partial charge is 0.167 e. The largest absolute Gasteiger partial charge is 0.294 e. The molecule has 0 saturated carbocycles. The minimum absolute atomic E-state index is 0.170. The van der Waals surface area contributed by atoms with Gasteiger partial charge in [-0.05, 0) is 35.9 Å². The van der Waals surface area contributed by atoms with Gasteiger partial charge >= 0.3 is 0 Å². The Morgan fingerprint density at radius 3 is 2.62 bits per heavy atom. The Morgan fingerprint density at radius 1 is 1.21 bits per heavy atom. The van der Waals surface area contributed by atoms with Gasteiger partial charge < -0.3 is 0 Å². The van der Waals surface area contributed by atoms with Crippen LogP contribution in [0.5, 0.6) is 0 Å². The number of rotatable bonds is 3. The number of hydrogen-bond acceptors (Lipinski definition) is 3. The Bertz CT molecular complexity index is 751. The van der Waals surface area contributed by atoms with Gasteiger partial charge in [-0.2, -0.15) is 0 Å². The zero-order valence-corrected chi connectivity index (χ0v) is 14.0. The van der Waals surface area contributed by atoms with E-state index in [1.165, 1.54) is 12.1 Å². The van der Waals surface area contributed by atoms with Crippen LogP contribution in [0, 0.1) is 11.2 Å². The number of aromatic nitrogens is 1. The average Bonchev–Trinajstić information content (AvgIpc) is 2.55. The van der Waals surface area contributed by atoms with E-state index in [1.807, 2.05) is 38.1 Å². The topological polar surface area (TPSA) is 33.2 Å². The molecule has 24 heavy (non-hydrogen) atoms. The minimum Gasteiger partial charge on any atom is -0.294 e. The van der Waals surface area contributed by atoms with Crippen LogP contribution < -0.4 is 0 Å². The van der Waals surface area contributed by atoms with E-state index in [0.29, 0.717) is 19.6 Å². The highest BCUT2D eigenvalue weighted by molar-refractivity contribution is 6.04. The number of Topliss-reactive ketones (excluding diaryl/α,β-unsaturated/α-hetero) is 1. The van der Waals surface area contributed by atoms with E-state index in [0.717, 1.165) is 16.8 Å². The molecule has 0 bridgehead atoms. The zero-order valence-electron chi connectivity index (χ0n) is 14.0. The van der Waals surface area contributed by atoms with Gasteiger partial charge in [0.15, 0.2) is 5.78 Å². The molecule has 1 aliphatic heterocycles. The number of hydrogen-bond donors (Lipinski definition) is 0. The fraction of sp³-hybridized carbons (Fsp3) is 0.300. The number of ketones is 1. The fourth-order valence-corrected chi connectivity index (χ4v) is 3.14. The van der Waals surface area contributed by atoms with Crippen molar-refractivity contribution in [1.29, 1.82) is 0 Å². The monoisotopic (exact) mass is 324 g/mol. The molecule has 1 aromatic heterocycles. The normalized spacial score (nSPS) is 19.6. The first-order valence-electron chi connectivity index (χ1n) is 8.07. The van der Waals surface area contributed by atoms with E-state index in [2.05, 4.69) is 9.88 Å². The predicted molar refractivity (Wildman–Crippen MR) is 92.7 cm³/mol. The Morgan fingerprint density at radius 2 is 1.96 bits per heavy atom. The number of carbonyl (C=O) groups is 1. The molecule has 0 atom stereocenters. The van der Waals surface area contributed by atoms with Crippen molar-refractivity contribution in [2.24, 2.45) is 5.41 Å². The summed E-state index contributed by atoms with van der Waals surface area (Å²) < 4.78 is 13.1. The number of carbonyl (C=O) groups excluding carboxylic acids is 1. The molecule has 0 unspecified atom stereocenters. The van der Waals surface area contributed by atoms with Crippen LogP contribution in [0.2, 0.25) is 0 Å². The van der Waals surface area contributed by atoms with Crippen LogP contribution in [0.1, 0.15) is 25.1 Å². The summed E-state index contributed by atoms with van der Waals surface area (Å²) >= 11 is 0. The first-order valence-corrected chi connectivity index (χ1v) is 8.07. The lowest BCUT2D eigenvalue weighted by atomic mass is 9.79. The molecule has 1 fully saturated rings. The second-order valence-corrected chi connectivity index (χ2v) is 6.91. The Hall–Kier alpha value is -2.33. The maximum Gasteiger partial charge on any atom is 0.167 e. The number of halogens is 1. The molecule has 2 heterocycles. The van der Waals surface area contributed by atoms with Crippen molar-refractivity contribution in [2.45, 2.75) is 20.4 Å². The van der Waals surface area contributed by atoms with Crippen molar-refractivity contribution in [1.82, 2.24) is 9.88 Å². The predicted octanol–water partition coefficient (Wildman–Crippen LogP) is 3.72. The lowest BCUT2D eigenvalue weighted by Crippen LogP contribution is -2.47. The molecule has 3 rings (SSSR count). The SMILES string of the molecule is CC1(C)CN(Cc2ccc(F)cc2)C/C(=C\c2ccccn2)C1=O. The van der Waals surface area contributed by atoms with Crippen LogP contribution in [-0.2, 0) is 11.3 Å². The van der Waals surface area contributed by atoms with Crippen molar-refractivity contribution >= 4 is 11.9 Å². The van der Waals surface area contributed by atoms with Crippen molar-refractivity contribution in [3.63, 3.8) is 0 Å². The lowest BCUT2D eigenvalue weighted by molar-refractivity contribution is -0.126. The lowest BCUT2D eigenvalue weighted by Gasteiger charge is -2.38. The maximum atomic E-state index is 13.1. The van der Waals surface area contributed by atoms with E-state index in [4.69, 9.17) is 0 Å². The molecule has 3 nitrogen and oxygen atoms in total. The van der Waals surface area contributed by atoms with Crippen LogP contribution in [-0.4, -0.2) is 28.8 Å². The maximum absolute atomic E-state index is 13.1. The summed E-state index contributed by atoms with van der Waals surface area (Å²) in [4.78, 5) is 19.2. The molecule has 0 spiro atoms. The molecule has 0 amide bonds. The third-order valence-electron chi connectivity index (χ3n) is 4.25. The summed E-state index contributed by atoms with van der Waals surface area (Å²) in [7, 11) is 0. The highest BCUT2D eigenvalue weighted by atomic mass is 19.1. The van der Waals surface area contributed by atoms with Crippen molar-refractivity contribution in [3.05, 3.63) is 71.3 Å². The van der Waals surface area contributed by atoms with E-state index in [1.54, 1.807) is 18.3 Å². The zero-order chi connectivity index (χ0) is 17.2. The van der Waals surface area contributed by atoms with Crippen LogP contribution in [0.25, 0.3) is 6.08 Å². The number of piperidine rings is 1. The number of nitrogens with zero attached hydrogens (tertiary/aromatic N) is 2. The first kappa shape index (κ1) is 16.5. The molecule has 4 heteroatoms. The summed E-state index contributed by atoms with van der Waals surface area (Å²) in [5.74, 6) is -0.0628. The van der Waals surface area contributed by atoms with Gasteiger partial charge in [0.05, 0.1) is 5.69 Å². The molecule has 0 aliphatic carbocycles. The van der Waals surface area contributed by atoms with Gasteiger partial charge in [-0.3, -0.25) is 14.7 Å². The third kappa shape index (κ3) is 3.77. The summed E-state index contributed by atoms with van der Waals surface area (Å²) in [6, 6.07) is 12.2. The van der Waals surface area contributed by atoms with Gasteiger partial charge in [-0.1, -0.05) is 32.0 Å². The van der Waals surface area contributed by atoms with Crippen LogP contribution >= 0.6 is 0 Å². The molecule has 124 valence electrons. The van der Waals surface area contributed by atoms with Gasteiger partial charge in [0.2, 0.25) is 0 Å². The highest BCUT2D eigenvalue weighted by Gasteiger charge is 2.37. The summed E-state index contributed by atoms with van der Waals surface area (Å²) in [6.45, 7) is 5.90. The van der Waals surface area contributed by atoms with Crippen molar-refractivity contribution in [2.75, 3.05) is 13.1 Å². The standard InChI is InChI=1S/C20H21FN2O/c1-20(2)14-23(12-15-6-8-17(21)9-7-15)13-16(19(20)24)11-18-5-3-4-10-22-18/h3-11H,12-14H2,1-2H3/b16-11+. The van der Waals surface area contributed by atoms with Gasteiger partial charge in [0.1, 0.15) is 5.82 Å². The average molecular weight is 324 g/mol. The van der Waals surface area contributed by atoms with E-state index in [9.17, 15) is 9.18 Å². The minimum atomic E-state index is -0.446. The first-order chi connectivity index (χ1) is 11.4. The van der Waals surface area contributed by atoms with E-state index >= 15 is 0 Å². The van der Waals surface area contributed by atoms with Gasteiger partial charge in [0, 0.05) is 36.8 Å². The summed E-state index contributed by atoms with van der Waals surface area (Å²) in [5.41, 5.74) is 2.16. The molecule has 0 N–H and O–H groups in total. The van der Waals surface area contributed by atoms with Gasteiger partial charge in [0.25, 0.3) is 0 Å². The van der Waals surface area contributed by atoms with E-state index < -0.39 is 5.41 Å². The fourth-order valence-electron chi connectivity index (χ4n) is 3.14. The molecule has 2 aromatic rings. The Labute approximate surface area is 141 Å². The number of likely N-dealkylation sites (tertiary alicyclic amines) is 1. The second-order valence-electron chi connectivity index (χ2n) is 6.91. The number of benzene rings is 1. The Balaban J connectivity index is 1.83. The van der Waals surface area contributed by atoms with E-state index in [-0.39, 0.29) is 11.6 Å². The van der Waals surface area contributed by atoms with Crippen molar-refractivity contribution in [3.8, 4) is 0 Å². The van der Waals surface area contributed by atoms with Gasteiger partial charge in [-0.15, -0.1) is 0 Å².